The second-order valence-electron chi connectivity index (χ2n) is 7.32. The van der Waals surface area contributed by atoms with Crippen molar-refractivity contribution < 1.29 is 22.7 Å². The van der Waals surface area contributed by atoms with Crippen LogP contribution in [0.25, 0.3) is 0 Å². The molecular formula is C24H22Cl2N2O5S. The molecule has 2 N–H and O–H groups in total. The van der Waals surface area contributed by atoms with Crippen molar-refractivity contribution in [2.75, 3.05) is 0 Å². The number of rotatable bonds is 10. The van der Waals surface area contributed by atoms with Gasteiger partial charge in [0.1, 0.15) is 17.8 Å². The van der Waals surface area contributed by atoms with Gasteiger partial charge in [-0.2, -0.15) is 0 Å². The van der Waals surface area contributed by atoms with Crippen LogP contribution < -0.4 is 14.8 Å². The van der Waals surface area contributed by atoms with E-state index < -0.39 is 16.1 Å². The van der Waals surface area contributed by atoms with E-state index in [0.29, 0.717) is 45.4 Å². The number of benzene rings is 3. The first-order valence-electron chi connectivity index (χ1n) is 10.3. The van der Waals surface area contributed by atoms with Gasteiger partial charge in [0.15, 0.2) is 0 Å². The minimum Gasteiger partial charge on any atom is -0.457 e. The number of aldehydes is 1. The monoisotopic (exact) mass is 520 g/mol. The first-order chi connectivity index (χ1) is 16.2. The maximum absolute atomic E-state index is 12.6. The zero-order valence-electron chi connectivity index (χ0n) is 18.1. The summed E-state index contributed by atoms with van der Waals surface area (Å²) in [6.07, 6.45) is 1.18. The number of sulfonamides is 1. The van der Waals surface area contributed by atoms with Crippen LogP contribution >= 0.6 is 23.2 Å². The fourth-order valence-corrected chi connectivity index (χ4v) is 4.45. The summed E-state index contributed by atoms with van der Waals surface area (Å²) in [4.78, 5) is 23.1. The molecule has 10 heteroatoms. The van der Waals surface area contributed by atoms with Crippen LogP contribution in [0.3, 0.4) is 0 Å². The molecular weight excluding hydrogens is 499 g/mol. The first-order valence-corrected chi connectivity index (χ1v) is 12.5. The predicted molar refractivity (Wildman–Crippen MR) is 131 cm³/mol. The largest absolute Gasteiger partial charge is 0.457 e. The molecule has 3 rings (SSSR count). The molecule has 0 spiro atoms. The summed E-state index contributed by atoms with van der Waals surface area (Å²) in [5.74, 6) is 0.485. The van der Waals surface area contributed by atoms with Crippen LogP contribution in [0.15, 0.2) is 71.6 Å². The molecule has 0 aromatic heterocycles. The fraction of sp³-hybridized carbons (Fsp3) is 0.167. The Bertz CT molecular complexity index is 1240. The Balaban J connectivity index is 1.60. The van der Waals surface area contributed by atoms with E-state index in [9.17, 15) is 18.0 Å². The van der Waals surface area contributed by atoms with Crippen molar-refractivity contribution in [3.63, 3.8) is 0 Å². The second-order valence-corrected chi connectivity index (χ2v) is 9.96. The molecule has 0 aliphatic carbocycles. The molecule has 1 atom stereocenters. The zero-order valence-corrected chi connectivity index (χ0v) is 20.5. The van der Waals surface area contributed by atoms with E-state index in [4.69, 9.17) is 27.9 Å². The lowest BCUT2D eigenvalue weighted by molar-refractivity contribution is -0.109. The highest BCUT2D eigenvalue weighted by molar-refractivity contribution is 7.89. The average molecular weight is 521 g/mol. The molecule has 0 fully saturated rings. The number of carbonyl (C=O) groups is 2. The van der Waals surface area contributed by atoms with Crippen LogP contribution in [0.5, 0.6) is 11.5 Å². The third kappa shape index (κ3) is 7.04. The Morgan fingerprint density at radius 2 is 1.59 bits per heavy atom. The van der Waals surface area contributed by atoms with Crippen LogP contribution in [0.2, 0.25) is 10.0 Å². The summed E-state index contributed by atoms with van der Waals surface area (Å²) < 4.78 is 33.5. The van der Waals surface area contributed by atoms with E-state index in [-0.39, 0.29) is 17.3 Å². The van der Waals surface area contributed by atoms with Crippen molar-refractivity contribution in [3.8, 4) is 11.5 Å². The number of amides is 1. The second kappa shape index (κ2) is 11.5. The molecule has 0 bridgehead atoms. The van der Waals surface area contributed by atoms with Crippen LogP contribution in [0.1, 0.15) is 29.3 Å². The Labute approximate surface area is 208 Å². The molecule has 3 aromatic carbocycles. The van der Waals surface area contributed by atoms with Crippen LogP contribution in [0, 0.1) is 0 Å². The van der Waals surface area contributed by atoms with E-state index in [0.717, 1.165) is 0 Å². The van der Waals surface area contributed by atoms with Gasteiger partial charge in [0, 0.05) is 22.2 Å². The fourth-order valence-electron chi connectivity index (χ4n) is 2.93. The Morgan fingerprint density at radius 1 is 0.971 bits per heavy atom. The molecule has 1 unspecified atom stereocenters. The molecule has 1 amide bonds. The van der Waals surface area contributed by atoms with Gasteiger partial charge in [-0.05, 0) is 66.6 Å². The van der Waals surface area contributed by atoms with Gasteiger partial charge in [0.2, 0.25) is 10.0 Å². The highest BCUT2D eigenvalue weighted by Crippen LogP contribution is 2.28. The summed E-state index contributed by atoms with van der Waals surface area (Å²) in [7, 11) is -3.78. The molecule has 0 aliphatic heterocycles. The maximum atomic E-state index is 12.6. The van der Waals surface area contributed by atoms with Gasteiger partial charge in [0.05, 0.1) is 10.9 Å². The van der Waals surface area contributed by atoms with E-state index in [1.54, 1.807) is 49.4 Å². The van der Waals surface area contributed by atoms with E-state index in [2.05, 4.69) is 10.0 Å². The molecule has 34 heavy (non-hydrogen) atoms. The quantitative estimate of drug-likeness (QED) is 0.367. The van der Waals surface area contributed by atoms with Gasteiger partial charge >= 0.3 is 0 Å². The zero-order chi connectivity index (χ0) is 24.7. The van der Waals surface area contributed by atoms with Crippen LogP contribution in [-0.4, -0.2) is 26.7 Å². The molecule has 0 aliphatic rings. The molecule has 0 radical (unpaired) electrons. The number of nitrogens with one attached hydrogen (secondary N) is 2. The summed E-state index contributed by atoms with van der Waals surface area (Å²) in [6, 6.07) is 16.6. The summed E-state index contributed by atoms with van der Waals surface area (Å²) >= 11 is 11.9. The summed E-state index contributed by atoms with van der Waals surface area (Å²) in [5.41, 5.74) is 1.05. The minimum absolute atomic E-state index is 0.0371. The molecule has 0 saturated heterocycles. The summed E-state index contributed by atoms with van der Waals surface area (Å²) in [5, 5.41) is 3.46. The highest BCUT2D eigenvalue weighted by atomic mass is 35.5. The summed E-state index contributed by atoms with van der Waals surface area (Å²) in [6.45, 7) is 1.83. The van der Waals surface area contributed by atoms with Crippen LogP contribution in [-0.2, 0) is 21.4 Å². The maximum Gasteiger partial charge on any atom is 0.251 e. The van der Waals surface area contributed by atoms with E-state index >= 15 is 0 Å². The number of carbonyl (C=O) groups excluding carboxylic acids is 2. The predicted octanol–water partition coefficient (Wildman–Crippen LogP) is 4.97. The SMILES string of the molecule is CCC(C=O)NC(=O)c1ccc(CNS(=O)(=O)c2ccc(Oc3cc(Cl)cc(Cl)c3)cc2)cc1. The lowest BCUT2D eigenvalue weighted by atomic mass is 10.1. The van der Waals surface area contributed by atoms with Gasteiger partial charge < -0.3 is 14.8 Å². The van der Waals surface area contributed by atoms with E-state index in [1.165, 1.54) is 24.3 Å². The lowest BCUT2D eigenvalue weighted by Crippen LogP contribution is -2.35. The van der Waals surface area contributed by atoms with Gasteiger partial charge in [-0.25, -0.2) is 13.1 Å². The van der Waals surface area contributed by atoms with Crippen LogP contribution in [0.4, 0.5) is 0 Å². The topological polar surface area (TPSA) is 102 Å². The van der Waals surface area contributed by atoms with Gasteiger partial charge in [-0.15, -0.1) is 0 Å². The van der Waals surface area contributed by atoms with Gasteiger partial charge in [0.25, 0.3) is 5.91 Å². The highest BCUT2D eigenvalue weighted by Gasteiger charge is 2.15. The lowest BCUT2D eigenvalue weighted by Gasteiger charge is -2.11. The Kier molecular flexibility index (Phi) is 8.68. The number of halogens is 2. The van der Waals surface area contributed by atoms with Crippen molar-refractivity contribution in [1.29, 1.82) is 0 Å². The standard InChI is InChI=1S/C24H22Cl2N2O5S/c1-2-20(15-29)28-24(30)17-5-3-16(4-6-17)14-27-34(31,32)23-9-7-21(8-10-23)33-22-12-18(25)11-19(26)13-22/h3-13,15,20,27H,2,14H2,1H3,(H,28,30). The van der Waals surface area contributed by atoms with Crippen molar-refractivity contribution >= 4 is 45.4 Å². The van der Waals surface area contributed by atoms with Crippen molar-refractivity contribution in [3.05, 3.63) is 87.9 Å². The molecule has 0 heterocycles. The van der Waals surface area contributed by atoms with Crippen molar-refractivity contribution in [2.45, 2.75) is 30.8 Å². The smallest absolute Gasteiger partial charge is 0.251 e. The molecule has 3 aromatic rings. The first kappa shape index (κ1) is 25.7. The number of hydrogen-bond donors (Lipinski definition) is 2. The molecule has 178 valence electrons. The number of ether oxygens (including phenoxy) is 1. The Morgan fingerprint density at radius 3 is 2.15 bits per heavy atom. The van der Waals surface area contributed by atoms with Gasteiger partial charge in [-0.1, -0.05) is 42.3 Å². The van der Waals surface area contributed by atoms with Gasteiger partial charge in [-0.3, -0.25) is 4.79 Å². The molecule has 0 saturated carbocycles. The van der Waals surface area contributed by atoms with Crippen molar-refractivity contribution in [2.24, 2.45) is 0 Å². The van der Waals surface area contributed by atoms with Crippen molar-refractivity contribution in [1.82, 2.24) is 10.0 Å². The molecule has 7 nitrogen and oxygen atoms in total. The third-order valence-corrected chi connectivity index (χ3v) is 6.66. The normalized spacial score (nSPS) is 12.1. The number of hydrogen-bond acceptors (Lipinski definition) is 5. The third-order valence-electron chi connectivity index (χ3n) is 4.81. The van der Waals surface area contributed by atoms with E-state index in [1.807, 2.05) is 0 Å². The Hall–Kier alpha value is -2.91. The minimum atomic E-state index is -3.78. The average Bonchev–Trinajstić information content (AvgIpc) is 2.81.